The molecule has 1 aliphatic rings. The Morgan fingerprint density at radius 1 is 1.38 bits per heavy atom. The van der Waals surface area contributed by atoms with Crippen LogP contribution in [-0.2, 0) is 0 Å². The van der Waals surface area contributed by atoms with Crippen molar-refractivity contribution in [2.24, 2.45) is 0 Å². The first kappa shape index (κ1) is 11.5. The van der Waals surface area contributed by atoms with Gasteiger partial charge in [-0.1, -0.05) is 12.1 Å². The van der Waals surface area contributed by atoms with Crippen LogP contribution in [0.15, 0.2) is 24.3 Å². The molecule has 1 saturated heterocycles. The molecule has 1 heterocycles. The fourth-order valence-corrected chi connectivity index (χ4v) is 2.01. The molecule has 1 aromatic rings. The lowest BCUT2D eigenvalue weighted by Gasteiger charge is -2.19. The van der Waals surface area contributed by atoms with Crippen molar-refractivity contribution in [1.82, 2.24) is 4.90 Å². The summed E-state index contributed by atoms with van der Waals surface area (Å²) >= 11 is 0. The van der Waals surface area contributed by atoms with Gasteiger partial charge in [-0.05, 0) is 24.1 Å². The third kappa shape index (κ3) is 2.78. The van der Waals surface area contributed by atoms with Gasteiger partial charge < -0.3 is 10.2 Å². The highest BCUT2D eigenvalue weighted by Crippen LogP contribution is 2.17. The van der Waals surface area contributed by atoms with Crippen molar-refractivity contribution in [2.75, 3.05) is 19.6 Å². The van der Waals surface area contributed by atoms with Crippen LogP contribution in [0.5, 0.6) is 0 Å². The van der Waals surface area contributed by atoms with E-state index >= 15 is 0 Å². The fourth-order valence-electron chi connectivity index (χ4n) is 2.01. The lowest BCUT2D eigenvalue weighted by Crippen LogP contribution is -2.27. The molecule has 88 valence electrons. The van der Waals surface area contributed by atoms with Crippen molar-refractivity contribution in [1.29, 1.82) is 0 Å². The van der Waals surface area contributed by atoms with Gasteiger partial charge in [0.05, 0.1) is 12.2 Å². The summed E-state index contributed by atoms with van der Waals surface area (Å²) in [6.45, 7) is 1.90. The van der Waals surface area contributed by atoms with E-state index in [2.05, 4.69) is 0 Å². The normalized spacial score (nSPS) is 23.6. The molecule has 16 heavy (non-hydrogen) atoms. The van der Waals surface area contributed by atoms with Crippen LogP contribution < -0.4 is 0 Å². The molecule has 0 radical (unpaired) electrons. The van der Waals surface area contributed by atoms with E-state index in [4.69, 9.17) is 0 Å². The first-order valence-corrected chi connectivity index (χ1v) is 5.49. The topological polar surface area (TPSA) is 43.7 Å². The van der Waals surface area contributed by atoms with Gasteiger partial charge in [0.1, 0.15) is 5.82 Å². The minimum atomic E-state index is -0.620. The van der Waals surface area contributed by atoms with Crippen molar-refractivity contribution in [3.05, 3.63) is 35.6 Å². The zero-order chi connectivity index (χ0) is 11.5. The highest BCUT2D eigenvalue weighted by atomic mass is 19.1. The van der Waals surface area contributed by atoms with Gasteiger partial charge in [-0.15, -0.1) is 0 Å². The minimum Gasteiger partial charge on any atom is -0.392 e. The van der Waals surface area contributed by atoms with Gasteiger partial charge >= 0.3 is 0 Å². The Morgan fingerprint density at radius 2 is 2.06 bits per heavy atom. The Morgan fingerprint density at radius 3 is 2.62 bits per heavy atom. The zero-order valence-corrected chi connectivity index (χ0v) is 9.01. The molecule has 0 aliphatic carbocycles. The summed E-state index contributed by atoms with van der Waals surface area (Å²) in [5, 5.41) is 19.3. The number of hydrogen-bond donors (Lipinski definition) is 2. The Hall–Kier alpha value is -0.970. The number of hydrogen-bond acceptors (Lipinski definition) is 3. The molecule has 2 N–H and O–H groups in total. The number of aliphatic hydroxyl groups is 2. The van der Waals surface area contributed by atoms with Gasteiger partial charge in [0.2, 0.25) is 0 Å². The van der Waals surface area contributed by atoms with E-state index in [1.54, 1.807) is 12.1 Å². The van der Waals surface area contributed by atoms with Gasteiger partial charge in [0.25, 0.3) is 0 Å². The van der Waals surface area contributed by atoms with Crippen molar-refractivity contribution in [3.63, 3.8) is 0 Å². The van der Waals surface area contributed by atoms with Crippen LogP contribution in [0.25, 0.3) is 0 Å². The van der Waals surface area contributed by atoms with Crippen molar-refractivity contribution in [2.45, 2.75) is 18.6 Å². The molecule has 2 atom stereocenters. The van der Waals surface area contributed by atoms with Crippen LogP contribution >= 0.6 is 0 Å². The molecule has 1 aliphatic heterocycles. The summed E-state index contributed by atoms with van der Waals surface area (Å²) in [4.78, 5) is 2.01. The molecular formula is C12H16FNO2. The summed E-state index contributed by atoms with van der Waals surface area (Å²) in [7, 11) is 0. The first-order valence-electron chi connectivity index (χ1n) is 5.49. The monoisotopic (exact) mass is 225 g/mol. The molecule has 0 bridgehead atoms. The Kier molecular flexibility index (Phi) is 3.53. The Labute approximate surface area is 94.1 Å². The van der Waals surface area contributed by atoms with Crippen molar-refractivity contribution < 1.29 is 14.6 Å². The smallest absolute Gasteiger partial charge is 0.123 e. The van der Waals surface area contributed by atoms with E-state index in [1.807, 2.05) is 4.90 Å². The molecule has 4 heteroatoms. The number of halogens is 1. The quantitative estimate of drug-likeness (QED) is 0.804. The van der Waals surface area contributed by atoms with E-state index in [-0.39, 0.29) is 11.9 Å². The second-order valence-electron chi connectivity index (χ2n) is 4.27. The molecule has 1 aromatic carbocycles. The molecule has 1 unspecified atom stereocenters. The second kappa shape index (κ2) is 4.91. The summed E-state index contributed by atoms with van der Waals surface area (Å²) < 4.78 is 12.7. The largest absolute Gasteiger partial charge is 0.392 e. The number of aliphatic hydroxyl groups excluding tert-OH is 2. The average Bonchev–Trinajstić information content (AvgIpc) is 2.65. The van der Waals surface area contributed by atoms with Gasteiger partial charge in [-0.25, -0.2) is 4.39 Å². The summed E-state index contributed by atoms with van der Waals surface area (Å²) in [5.41, 5.74) is 0.711. The third-order valence-corrected chi connectivity index (χ3v) is 2.93. The van der Waals surface area contributed by atoms with Crippen LogP contribution in [-0.4, -0.2) is 40.9 Å². The number of rotatable bonds is 3. The van der Waals surface area contributed by atoms with Gasteiger partial charge in [0, 0.05) is 19.6 Å². The van der Waals surface area contributed by atoms with E-state index in [0.717, 1.165) is 13.0 Å². The molecule has 1 fully saturated rings. The Balaban J connectivity index is 1.92. The number of β-amino-alcohol motifs (C(OH)–C–C–N with tert-alkyl or cyclic N) is 2. The number of benzene rings is 1. The van der Waals surface area contributed by atoms with Crippen LogP contribution in [0, 0.1) is 5.82 Å². The maximum atomic E-state index is 12.7. The Bertz CT molecular complexity index is 341. The third-order valence-electron chi connectivity index (χ3n) is 2.93. The first-order chi connectivity index (χ1) is 7.65. The maximum Gasteiger partial charge on any atom is 0.123 e. The average molecular weight is 225 g/mol. The lowest BCUT2D eigenvalue weighted by molar-refractivity contribution is 0.113. The second-order valence-corrected chi connectivity index (χ2v) is 4.27. The van der Waals surface area contributed by atoms with E-state index in [1.165, 1.54) is 12.1 Å². The maximum absolute atomic E-state index is 12.7. The number of nitrogens with zero attached hydrogens (tertiary/aromatic N) is 1. The standard InChI is InChI=1S/C12H16FNO2/c13-10-3-1-9(2-4-10)12(16)8-14-6-5-11(15)7-14/h1-4,11-12,15-16H,5-8H2/t11-,12?/m1/s1. The zero-order valence-electron chi connectivity index (χ0n) is 9.01. The summed E-state index contributed by atoms with van der Waals surface area (Å²) in [5.74, 6) is -0.299. The summed E-state index contributed by atoms with van der Waals surface area (Å²) in [6.07, 6.45) is -0.137. The van der Waals surface area contributed by atoms with E-state index < -0.39 is 6.10 Å². The molecule has 0 spiro atoms. The van der Waals surface area contributed by atoms with Crippen LogP contribution in [0.2, 0.25) is 0 Å². The van der Waals surface area contributed by atoms with E-state index in [0.29, 0.717) is 18.7 Å². The van der Waals surface area contributed by atoms with Gasteiger partial charge in [-0.3, -0.25) is 4.90 Å². The number of likely N-dealkylation sites (tertiary alicyclic amines) is 1. The lowest BCUT2D eigenvalue weighted by atomic mass is 10.1. The molecule has 2 rings (SSSR count). The predicted molar refractivity (Wildman–Crippen MR) is 58.4 cm³/mol. The highest BCUT2D eigenvalue weighted by Gasteiger charge is 2.22. The van der Waals surface area contributed by atoms with Gasteiger partial charge in [0.15, 0.2) is 0 Å². The van der Waals surface area contributed by atoms with Crippen molar-refractivity contribution in [3.8, 4) is 0 Å². The van der Waals surface area contributed by atoms with Gasteiger partial charge in [-0.2, -0.15) is 0 Å². The van der Waals surface area contributed by atoms with Crippen molar-refractivity contribution >= 4 is 0 Å². The van der Waals surface area contributed by atoms with Crippen LogP contribution in [0.4, 0.5) is 4.39 Å². The fraction of sp³-hybridized carbons (Fsp3) is 0.500. The molecule has 0 saturated carbocycles. The molecule has 3 nitrogen and oxygen atoms in total. The minimum absolute atomic E-state index is 0.277. The van der Waals surface area contributed by atoms with Crippen LogP contribution in [0.3, 0.4) is 0 Å². The summed E-state index contributed by atoms with van der Waals surface area (Å²) in [6, 6.07) is 5.87. The highest BCUT2D eigenvalue weighted by molar-refractivity contribution is 5.18. The molecular weight excluding hydrogens is 209 g/mol. The molecule has 0 amide bonds. The van der Waals surface area contributed by atoms with Crippen LogP contribution in [0.1, 0.15) is 18.1 Å². The molecule has 0 aromatic heterocycles. The SMILES string of the molecule is OC(CN1CC[C@@H](O)C1)c1ccc(F)cc1. The van der Waals surface area contributed by atoms with E-state index in [9.17, 15) is 14.6 Å². The predicted octanol–water partition coefficient (Wildman–Crippen LogP) is 0.926.